The third-order valence-corrected chi connectivity index (χ3v) is 10.5. The Morgan fingerprint density at radius 3 is 2.33 bits per heavy atom. The predicted molar refractivity (Wildman–Crippen MR) is 197 cm³/mol. The van der Waals surface area contributed by atoms with Crippen molar-refractivity contribution in [1.29, 1.82) is 0 Å². The number of likely N-dealkylation sites (tertiary alicyclic amines) is 1. The number of carboxylic acids is 1. The Kier molecular flexibility index (Phi) is 12.6. The summed E-state index contributed by atoms with van der Waals surface area (Å²) >= 11 is 1.57. The molecule has 280 valence electrons. The summed E-state index contributed by atoms with van der Waals surface area (Å²) in [5.74, 6) is -1.52. The number of aromatic nitrogens is 2. The van der Waals surface area contributed by atoms with Gasteiger partial charge in [-0.2, -0.15) is 0 Å². The van der Waals surface area contributed by atoms with Gasteiger partial charge in [-0.1, -0.05) is 45.0 Å². The zero-order valence-electron chi connectivity index (χ0n) is 30.4. The molecule has 0 aliphatic carbocycles. The number of rotatable bonds is 13. The summed E-state index contributed by atoms with van der Waals surface area (Å²) in [5, 5.41) is 25.5. The van der Waals surface area contributed by atoms with Gasteiger partial charge in [0, 0.05) is 51.9 Å². The van der Waals surface area contributed by atoms with Crippen molar-refractivity contribution in [3.05, 3.63) is 64.9 Å². The standard InChI is InChI=1S/C37H49N7O7S/c1-23(25-6-8-26(9-7-25)32-24(2)39-22-52-32)40-34(47)29-18-28(45)20-44(29)35(48)33(37(3,4)5)41-31(46)21-51-17-16-42-12-14-43(15-13-42)30-11-10-27(19-38-30)36(49)50/h6-11,19,22-23,28-29,33,45H,12-18,20-21H2,1-5H3,(H,40,47)(H,41,46)(H,49,50)/t23-,28+,29-,33?/m0/s1. The molecule has 1 aromatic carbocycles. The van der Waals surface area contributed by atoms with Gasteiger partial charge in [0.25, 0.3) is 0 Å². The number of aromatic carboxylic acids is 1. The first-order valence-corrected chi connectivity index (χ1v) is 18.4. The fourth-order valence-electron chi connectivity index (χ4n) is 6.48. The Morgan fingerprint density at radius 1 is 1.02 bits per heavy atom. The highest BCUT2D eigenvalue weighted by Gasteiger charge is 2.44. The molecule has 4 atom stereocenters. The van der Waals surface area contributed by atoms with Gasteiger partial charge in [0.1, 0.15) is 24.5 Å². The maximum absolute atomic E-state index is 14.0. The molecule has 4 N–H and O–H groups in total. The van der Waals surface area contributed by atoms with Crippen LogP contribution in [0.5, 0.6) is 0 Å². The molecule has 3 amide bonds. The van der Waals surface area contributed by atoms with Gasteiger partial charge in [0.2, 0.25) is 17.7 Å². The normalized spacial score (nSPS) is 19.3. The lowest BCUT2D eigenvalue weighted by atomic mass is 9.85. The number of carbonyl (C=O) groups is 4. The third kappa shape index (κ3) is 9.70. The molecule has 1 unspecified atom stereocenters. The first kappa shape index (κ1) is 38.8. The van der Waals surface area contributed by atoms with Crippen molar-refractivity contribution >= 4 is 40.8 Å². The van der Waals surface area contributed by atoms with E-state index >= 15 is 0 Å². The molecule has 0 saturated carbocycles. The Bertz CT molecular complexity index is 1700. The van der Waals surface area contributed by atoms with Crippen molar-refractivity contribution in [2.24, 2.45) is 5.41 Å². The molecule has 2 aliphatic rings. The number of thiazole rings is 1. The van der Waals surface area contributed by atoms with Crippen LogP contribution < -0.4 is 15.5 Å². The average Bonchev–Trinajstić information content (AvgIpc) is 3.73. The second kappa shape index (κ2) is 16.9. The van der Waals surface area contributed by atoms with E-state index < -0.39 is 41.4 Å². The molecule has 3 aromatic rings. The molecule has 0 spiro atoms. The number of carboxylic acid groups (broad SMARTS) is 1. The van der Waals surface area contributed by atoms with Crippen molar-refractivity contribution in [2.75, 3.05) is 57.4 Å². The van der Waals surface area contributed by atoms with Crippen LogP contribution in [0.1, 0.15) is 61.8 Å². The van der Waals surface area contributed by atoms with Gasteiger partial charge < -0.3 is 35.4 Å². The van der Waals surface area contributed by atoms with Gasteiger partial charge in [0.15, 0.2) is 0 Å². The number of amides is 3. The molecule has 2 aliphatic heterocycles. The fourth-order valence-corrected chi connectivity index (χ4v) is 7.29. The number of benzene rings is 1. The summed E-state index contributed by atoms with van der Waals surface area (Å²) in [6.07, 6.45) is 0.592. The second-order valence-corrected chi connectivity index (χ2v) is 15.3. The van der Waals surface area contributed by atoms with E-state index in [4.69, 9.17) is 9.84 Å². The number of aryl methyl sites for hydroxylation is 1. The maximum atomic E-state index is 14.0. The first-order valence-electron chi connectivity index (χ1n) is 17.5. The van der Waals surface area contributed by atoms with Crippen molar-refractivity contribution in [3.63, 3.8) is 0 Å². The molecular weight excluding hydrogens is 687 g/mol. The zero-order valence-corrected chi connectivity index (χ0v) is 31.2. The van der Waals surface area contributed by atoms with Gasteiger partial charge in [0.05, 0.1) is 40.4 Å². The van der Waals surface area contributed by atoms with Gasteiger partial charge >= 0.3 is 5.97 Å². The van der Waals surface area contributed by atoms with E-state index in [0.29, 0.717) is 13.2 Å². The zero-order chi connectivity index (χ0) is 37.6. The number of aliphatic hydroxyl groups excluding tert-OH is 1. The highest BCUT2D eigenvalue weighted by Crippen LogP contribution is 2.29. The lowest BCUT2D eigenvalue weighted by Gasteiger charge is -2.36. The number of aliphatic hydroxyl groups is 1. The van der Waals surface area contributed by atoms with Crippen molar-refractivity contribution < 1.29 is 34.1 Å². The molecule has 14 nitrogen and oxygen atoms in total. The number of carbonyl (C=O) groups excluding carboxylic acids is 3. The second-order valence-electron chi connectivity index (χ2n) is 14.5. The van der Waals surface area contributed by atoms with Crippen LogP contribution in [-0.2, 0) is 19.1 Å². The number of pyridine rings is 1. The monoisotopic (exact) mass is 735 g/mol. The van der Waals surface area contributed by atoms with Crippen molar-refractivity contribution in [3.8, 4) is 10.4 Å². The SMILES string of the molecule is Cc1ncsc1-c1ccc([C@H](C)NC(=O)[C@@H]2C[C@@H](O)CN2C(=O)C(NC(=O)COCCN2CCN(c3ccc(C(=O)O)cn3)CC2)C(C)(C)C)cc1. The maximum Gasteiger partial charge on any atom is 0.337 e. The predicted octanol–water partition coefficient (Wildman–Crippen LogP) is 2.72. The van der Waals surface area contributed by atoms with E-state index in [1.54, 1.807) is 23.5 Å². The van der Waals surface area contributed by atoms with E-state index in [-0.39, 0.29) is 37.1 Å². The van der Waals surface area contributed by atoms with E-state index in [2.05, 4.69) is 30.4 Å². The highest BCUT2D eigenvalue weighted by atomic mass is 32.1. The van der Waals surface area contributed by atoms with Crippen LogP contribution >= 0.6 is 11.3 Å². The number of ether oxygens (including phenoxy) is 1. The fraction of sp³-hybridized carbons (Fsp3) is 0.514. The lowest BCUT2D eigenvalue weighted by molar-refractivity contribution is -0.144. The summed E-state index contributed by atoms with van der Waals surface area (Å²) in [6, 6.07) is 9.01. The summed E-state index contributed by atoms with van der Waals surface area (Å²) in [4.78, 5) is 67.0. The third-order valence-electron chi connectivity index (χ3n) is 9.54. The number of nitrogens with zero attached hydrogens (tertiary/aromatic N) is 5. The quantitative estimate of drug-likeness (QED) is 0.190. The van der Waals surface area contributed by atoms with Gasteiger partial charge in [-0.3, -0.25) is 19.3 Å². The van der Waals surface area contributed by atoms with Crippen LogP contribution in [0.2, 0.25) is 0 Å². The minimum atomic E-state index is -1.01. The number of hydrogen-bond donors (Lipinski definition) is 4. The van der Waals surface area contributed by atoms with Crippen LogP contribution in [0.4, 0.5) is 5.82 Å². The van der Waals surface area contributed by atoms with Crippen molar-refractivity contribution in [2.45, 2.75) is 65.3 Å². The average molecular weight is 736 g/mol. The van der Waals surface area contributed by atoms with Crippen molar-refractivity contribution in [1.82, 2.24) is 30.4 Å². The Labute approximate surface area is 308 Å². The molecule has 52 heavy (non-hydrogen) atoms. The van der Waals surface area contributed by atoms with E-state index in [1.165, 1.54) is 11.1 Å². The van der Waals surface area contributed by atoms with Gasteiger partial charge in [-0.05, 0) is 42.5 Å². The number of hydrogen-bond acceptors (Lipinski definition) is 11. The molecule has 5 rings (SSSR count). The summed E-state index contributed by atoms with van der Waals surface area (Å²) in [7, 11) is 0. The molecule has 2 saturated heterocycles. The molecular formula is C37H49N7O7S. The van der Waals surface area contributed by atoms with Crippen LogP contribution in [0.3, 0.4) is 0 Å². The number of β-amino-alcohol motifs (C(OH)–C–C–N with tert-alkyl or cyclic N) is 1. The minimum Gasteiger partial charge on any atom is -0.478 e. The topological polar surface area (TPSA) is 178 Å². The highest BCUT2D eigenvalue weighted by molar-refractivity contribution is 7.13. The summed E-state index contributed by atoms with van der Waals surface area (Å²) in [6.45, 7) is 13.0. The van der Waals surface area contributed by atoms with E-state index in [1.807, 2.05) is 64.4 Å². The van der Waals surface area contributed by atoms with E-state index in [0.717, 1.165) is 53.7 Å². The number of nitrogens with one attached hydrogen (secondary N) is 2. The molecule has 2 fully saturated rings. The molecule has 2 aromatic heterocycles. The first-order chi connectivity index (χ1) is 24.7. The van der Waals surface area contributed by atoms with Gasteiger partial charge in [-0.15, -0.1) is 11.3 Å². The van der Waals surface area contributed by atoms with Gasteiger partial charge in [-0.25, -0.2) is 14.8 Å². The Hall–Kier alpha value is -4.44. The Balaban J connectivity index is 1.09. The smallest absolute Gasteiger partial charge is 0.337 e. The largest absolute Gasteiger partial charge is 0.478 e. The molecule has 4 heterocycles. The van der Waals surface area contributed by atoms with E-state index in [9.17, 15) is 24.3 Å². The van der Waals surface area contributed by atoms with Crippen LogP contribution in [-0.4, -0.2) is 124 Å². The van der Waals surface area contributed by atoms with Crippen LogP contribution in [0.15, 0.2) is 48.1 Å². The minimum absolute atomic E-state index is 0.00980. The lowest BCUT2D eigenvalue weighted by Crippen LogP contribution is -2.58. The van der Waals surface area contributed by atoms with Crippen LogP contribution in [0, 0.1) is 12.3 Å². The number of piperazine rings is 1. The van der Waals surface area contributed by atoms with Crippen LogP contribution in [0.25, 0.3) is 10.4 Å². The summed E-state index contributed by atoms with van der Waals surface area (Å²) in [5.41, 5.74) is 4.19. The summed E-state index contributed by atoms with van der Waals surface area (Å²) < 4.78 is 5.69. The molecule has 0 bridgehead atoms. The molecule has 15 heteroatoms. The molecule has 0 radical (unpaired) electrons. The number of anilines is 1. The Morgan fingerprint density at radius 2 is 1.73 bits per heavy atom.